The van der Waals surface area contributed by atoms with Gasteiger partial charge in [0.25, 0.3) is 5.91 Å². The van der Waals surface area contributed by atoms with Crippen LogP contribution in [0.3, 0.4) is 0 Å². The molecule has 1 aromatic carbocycles. The Balaban J connectivity index is 1.71. The number of carbonyl (C=O) groups is 1. The molecule has 0 radical (unpaired) electrons. The second-order valence-electron chi connectivity index (χ2n) is 7.93. The number of rotatable bonds is 1. The van der Waals surface area contributed by atoms with Crippen molar-refractivity contribution in [2.45, 2.75) is 24.8 Å². The lowest BCUT2D eigenvalue weighted by molar-refractivity contribution is -0.132. The Hall–Kier alpha value is -3.19. The minimum Gasteiger partial charge on any atom is -0.507 e. The van der Waals surface area contributed by atoms with Crippen molar-refractivity contribution in [2.75, 3.05) is 26.8 Å². The lowest BCUT2D eigenvalue weighted by Crippen LogP contribution is -2.54. The van der Waals surface area contributed by atoms with Crippen molar-refractivity contribution in [1.82, 2.24) is 14.9 Å². The van der Waals surface area contributed by atoms with Gasteiger partial charge < -0.3 is 14.7 Å². The van der Waals surface area contributed by atoms with Crippen LogP contribution in [0.5, 0.6) is 0 Å². The van der Waals surface area contributed by atoms with Gasteiger partial charge in [0.15, 0.2) is 5.70 Å². The van der Waals surface area contributed by atoms with Gasteiger partial charge in [-0.2, -0.15) is 5.10 Å². The van der Waals surface area contributed by atoms with Crippen molar-refractivity contribution in [1.29, 1.82) is 0 Å². The number of hydrazone groups is 1. The van der Waals surface area contributed by atoms with Crippen LogP contribution in [-0.2, 0) is 22.4 Å². The molecule has 1 unspecified atom stereocenters. The molecule has 2 aromatic rings. The SMILES string of the molecule is CN1C[C@H](C2c3ccccc3CCc3cccnc32)N2/N=C\COC/C(O)=C\2C1=O. The van der Waals surface area contributed by atoms with Gasteiger partial charge in [0.1, 0.15) is 12.4 Å². The summed E-state index contributed by atoms with van der Waals surface area (Å²) in [5, 5.41) is 16.9. The van der Waals surface area contributed by atoms with E-state index in [-0.39, 0.29) is 42.5 Å². The molecule has 7 nitrogen and oxygen atoms in total. The zero-order chi connectivity index (χ0) is 20.7. The molecular formula is C23H24N4O3. The van der Waals surface area contributed by atoms with Crippen molar-refractivity contribution >= 4 is 12.1 Å². The van der Waals surface area contributed by atoms with E-state index < -0.39 is 0 Å². The molecule has 1 aliphatic carbocycles. The third kappa shape index (κ3) is 3.06. The van der Waals surface area contributed by atoms with Crippen molar-refractivity contribution < 1.29 is 14.6 Å². The number of aromatic nitrogens is 1. The van der Waals surface area contributed by atoms with E-state index in [2.05, 4.69) is 35.4 Å². The van der Waals surface area contributed by atoms with Gasteiger partial charge >= 0.3 is 0 Å². The number of aliphatic hydroxyl groups is 1. The zero-order valence-electron chi connectivity index (χ0n) is 16.9. The van der Waals surface area contributed by atoms with E-state index in [1.54, 1.807) is 23.2 Å². The van der Waals surface area contributed by atoms with E-state index in [0.29, 0.717) is 6.54 Å². The number of aliphatic hydroxyl groups excluding tert-OH is 1. The van der Waals surface area contributed by atoms with Crippen LogP contribution in [0.4, 0.5) is 0 Å². The predicted molar refractivity (Wildman–Crippen MR) is 112 cm³/mol. The largest absolute Gasteiger partial charge is 0.507 e. The Morgan fingerprint density at radius 1 is 1.13 bits per heavy atom. The second-order valence-corrected chi connectivity index (χ2v) is 7.93. The highest BCUT2D eigenvalue weighted by Crippen LogP contribution is 2.40. The van der Waals surface area contributed by atoms with E-state index in [1.165, 1.54) is 16.7 Å². The van der Waals surface area contributed by atoms with Gasteiger partial charge in [-0.3, -0.25) is 14.8 Å². The van der Waals surface area contributed by atoms with Crippen LogP contribution in [0.15, 0.2) is 59.2 Å². The smallest absolute Gasteiger partial charge is 0.275 e. The predicted octanol–water partition coefficient (Wildman–Crippen LogP) is 2.24. The molecule has 7 heteroatoms. The fraction of sp³-hybridized carbons (Fsp3) is 0.348. The third-order valence-electron chi connectivity index (χ3n) is 6.12. The highest BCUT2D eigenvalue weighted by Gasteiger charge is 2.44. The molecular weight excluding hydrogens is 380 g/mol. The maximum absolute atomic E-state index is 12.9. The quantitative estimate of drug-likeness (QED) is 0.789. The van der Waals surface area contributed by atoms with E-state index in [0.717, 1.165) is 18.5 Å². The first kappa shape index (κ1) is 18.8. The van der Waals surface area contributed by atoms with E-state index in [4.69, 9.17) is 9.72 Å². The van der Waals surface area contributed by atoms with Gasteiger partial charge in [-0.1, -0.05) is 30.3 Å². The highest BCUT2D eigenvalue weighted by molar-refractivity contribution is 5.94. The van der Waals surface area contributed by atoms with Crippen LogP contribution < -0.4 is 0 Å². The average Bonchev–Trinajstić information content (AvgIpc) is 2.91. The first-order chi connectivity index (χ1) is 14.6. The van der Waals surface area contributed by atoms with Crippen LogP contribution in [0.1, 0.15) is 28.3 Å². The van der Waals surface area contributed by atoms with Gasteiger partial charge in [0.2, 0.25) is 0 Å². The Morgan fingerprint density at radius 2 is 1.93 bits per heavy atom. The number of fused-ring (bicyclic) bond motifs is 3. The van der Waals surface area contributed by atoms with Crippen molar-refractivity contribution in [2.24, 2.45) is 5.10 Å². The lowest BCUT2D eigenvalue weighted by atomic mass is 9.83. The fourth-order valence-corrected chi connectivity index (χ4v) is 4.74. The van der Waals surface area contributed by atoms with Crippen LogP contribution >= 0.6 is 0 Å². The Morgan fingerprint density at radius 3 is 2.83 bits per heavy atom. The van der Waals surface area contributed by atoms with Gasteiger partial charge in [-0.05, 0) is 35.6 Å². The first-order valence-corrected chi connectivity index (χ1v) is 10.2. The molecule has 1 N–H and O–H groups in total. The normalized spacial score (nSPS) is 27.3. The molecule has 1 saturated heterocycles. The Bertz CT molecular complexity index is 1000. The maximum Gasteiger partial charge on any atom is 0.275 e. The summed E-state index contributed by atoms with van der Waals surface area (Å²) in [6.07, 6.45) is 5.34. The molecule has 1 fully saturated rings. The van der Waals surface area contributed by atoms with Gasteiger partial charge in [0.05, 0.1) is 30.5 Å². The number of benzene rings is 1. The van der Waals surface area contributed by atoms with E-state index in [1.807, 2.05) is 12.3 Å². The number of nitrogens with zero attached hydrogens (tertiary/aromatic N) is 4. The number of amides is 1. The molecule has 0 spiro atoms. The minimum absolute atomic E-state index is 0.0136. The standard InChI is InChI=1S/C23H24N4O3/c1-26-13-18(27-22(23(26)29)19(28)14-30-12-11-25-27)20-17-7-3-2-5-15(17)8-9-16-6-4-10-24-21(16)20/h2-7,10-11,18,20,28H,8-9,12-14H2,1H3/b22-19+,25-11-/t18-,20?/m1/s1. The lowest BCUT2D eigenvalue weighted by Gasteiger charge is -2.43. The molecule has 1 aromatic heterocycles. The average molecular weight is 404 g/mol. The highest BCUT2D eigenvalue weighted by atomic mass is 16.5. The first-order valence-electron chi connectivity index (χ1n) is 10.2. The molecule has 154 valence electrons. The summed E-state index contributed by atoms with van der Waals surface area (Å²) in [5.74, 6) is -0.429. The summed E-state index contributed by atoms with van der Waals surface area (Å²) in [5.41, 5.74) is 4.91. The Labute approximate surface area is 175 Å². The summed E-state index contributed by atoms with van der Waals surface area (Å²) in [6, 6.07) is 12.4. The number of piperazine rings is 1. The number of likely N-dealkylation sites (N-methyl/N-ethyl adjacent to an activating group) is 1. The second kappa shape index (κ2) is 7.57. The fourth-order valence-electron chi connectivity index (χ4n) is 4.74. The number of hydrogen-bond acceptors (Lipinski definition) is 6. The van der Waals surface area contributed by atoms with Crippen LogP contribution in [0.2, 0.25) is 0 Å². The molecule has 2 aliphatic heterocycles. The molecule has 30 heavy (non-hydrogen) atoms. The van der Waals surface area contributed by atoms with E-state index >= 15 is 0 Å². The number of aryl methyl sites for hydroxylation is 2. The molecule has 0 saturated carbocycles. The zero-order valence-corrected chi connectivity index (χ0v) is 16.9. The molecule has 5 rings (SSSR count). The van der Waals surface area contributed by atoms with Gasteiger partial charge in [-0.15, -0.1) is 0 Å². The number of pyridine rings is 1. The molecule has 3 heterocycles. The van der Waals surface area contributed by atoms with Crippen LogP contribution in [0.25, 0.3) is 0 Å². The van der Waals surface area contributed by atoms with Crippen LogP contribution in [0, 0.1) is 0 Å². The maximum atomic E-state index is 12.9. The summed E-state index contributed by atoms with van der Waals surface area (Å²) in [6.45, 7) is 0.740. The summed E-state index contributed by atoms with van der Waals surface area (Å²) < 4.78 is 5.37. The number of carbonyl (C=O) groups excluding carboxylic acids is 1. The Kier molecular flexibility index (Phi) is 4.75. The van der Waals surface area contributed by atoms with Crippen molar-refractivity contribution in [3.63, 3.8) is 0 Å². The van der Waals surface area contributed by atoms with Gasteiger partial charge in [-0.25, -0.2) is 0 Å². The third-order valence-corrected chi connectivity index (χ3v) is 6.12. The number of ether oxygens (including phenoxy) is 1. The minimum atomic E-state index is -0.255. The topological polar surface area (TPSA) is 78.3 Å². The molecule has 3 aliphatic rings. The summed E-state index contributed by atoms with van der Waals surface area (Å²) >= 11 is 0. The molecule has 1 amide bonds. The van der Waals surface area contributed by atoms with Gasteiger partial charge in [0, 0.05) is 19.8 Å². The molecule has 0 bridgehead atoms. The van der Waals surface area contributed by atoms with Crippen molar-refractivity contribution in [3.8, 4) is 0 Å². The van der Waals surface area contributed by atoms with Crippen LogP contribution in [-0.4, -0.2) is 65.0 Å². The monoisotopic (exact) mass is 404 g/mol. The summed E-state index contributed by atoms with van der Waals surface area (Å²) in [7, 11) is 1.76. The van der Waals surface area contributed by atoms with E-state index in [9.17, 15) is 9.90 Å². The van der Waals surface area contributed by atoms with Crippen molar-refractivity contribution in [3.05, 3.63) is 76.4 Å². The molecule has 2 atom stereocenters. The number of hydrogen-bond donors (Lipinski definition) is 1. The summed E-state index contributed by atoms with van der Waals surface area (Å²) in [4.78, 5) is 19.4.